The maximum Gasteiger partial charge on any atom is 0.422 e. The fraction of sp³-hybridized carbons (Fsp3) is 0.500. The monoisotopic (exact) mass is 363 g/mol. The summed E-state index contributed by atoms with van der Waals surface area (Å²) in [4.78, 5) is 22.3. The van der Waals surface area contributed by atoms with Gasteiger partial charge in [-0.25, -0.2) is 0 Å². The zero-order valence-corrected chi connectivity index (χ0v) is 13.9. The van der Waals surface area contributed by atoms with Crippen LogP contribution in [0.4, 0.5) is 13.2 Å². The highest BCUT2D eigenvalue weighted by Gasteiger charge is 2.29. The van der Waals surface area contributed by atoms with Gasteiger partial charge in [0.05, 0.1) is 13.5 Å². The van der Waals surface area contributed by atoms with Crippen molar-refractivity contribution in [2.45, 2.75) is 38.4 Å². The molecule has 0 heterocycles. The molecule has 9 heteroatoms. The van der Waals surface area contributed by atoms with Gasteiger partial charge in [-0.2, -0.15) is 13.2 Å². The number of ether oxygens (including phenoxy) is 2. The molecule has 1 rings (SSSR count). The summed E-state index contributed by atoms with van der Waals surface area (Å²) in [6.45, 7) is 0.161. The lowest BCUT2D eigenvalue weighted by Gasteiger charge is -2.14. The fourth-order valence-corrected chi connectivity index (χ4v) is 2.06. The van der Waals surface area contributed by atoms with E-state index in [1.165, 1.54) is 19.2 Å². The van der Waals surface area contributed by atoms with E-state index in [4.69, 9.17) is 9.84 Å². The van der Waals surface area contributed by atoms with Crippen LogP contribution in [-0.4, -0.2) is 42.9 Å². The van der Waals surface area contributed by atoms with Gasteiger partial charge in [-0.05, 0) is 31.0 Å². The molecule has 1 unspecified atom stereocenters. The molecular weight excluding hydrogens is 343 g/mol. The number of nitrogens with one attached hydrogen (secondary N) is 1. The van der Waals surface area contributed by atoms with Crippen LogP contribution in [0.5, 0.6) is 11.5 Å². The first-order chi connectivity index (χ1) is 11.6. The lowest BCUT2D eigenvalue weighted by Crippen LogP contribution is -2.34. The molecule has 1 aromatic carbocycles. The molecule has 25 heavy (non-hydrogen) atoms. The Morgan fingerprint density at radius 1 is 1.28 bits per heavy atom. The van der Waals surface area contributed by atoms with Crippen molar-refractivity contribution >= 4 is 11.9 Å². The van der Waals surface area contributed by atoms with Crippen molar-refractivity contribution in [1.29, 1.82) is 0 Å². The molecule has 140 valence electrons. The molecule has 1 aromatic rings. The van der Waals surface area contributed by atoms with E-state index in [9.17, 15) is 22.8 Å². The number of carboxylic acids is 1. The molecule has 0 aliphatic carbocycles. The van der Waals surface area contributed by atoms with Crippen molar-refractivity contribution in [3.8, 4) is 11.5 Å². The van der Waals surface area contributed by atoms with E-state index in [-0.39, 0.29) is 30.2 Å². The third-order valence-corrected chi connectivity index (χ3v) is 3.15. The Morgan fingerprint density at radius 3 is 2.52 bits per heavy atom. The minimum Gasteiger partial charge on any atom is -0.493 e. The van der Waals surface area contributed by atoms with Crippen LogP contribution in [0.15, 0.2) is 18.2 Å². The van der Waals surface area contributed by atoms with Crippen molar-refractivity contribution in [3.63, 3.8) is 0 Å². The predicted octanol–water partition coefficient (Wildman–Crippen LogP) is 2.55. The first-order valence-electron chi connectivity index (χ1n) is 7.48. The minimum absolute atomic E-state index is 0.0388. The predicted molar refractivity (Wildman–Crippen MR) is 82.7 cm³/mol. The number of carboxylic acid groups (broad SMARTS) is 1. The van der Waals surface area contributed by atoms with Crippen molar-refractivity contribution in [2.75, 3.05) is 13.7 Å². The number of methoxy groups -OCH3 is 1. The molecule has 6 nitrogen and oxygen atoms in total. The van der Waals surface area contributed by atoms with Gasteiger partial charge in [-0.1, -0.05) is 6.07 Å². The number of amides is 1. The molecule has 1 amide bonds. The maximum atomic E-state index is 12.2. The molecule has 0 aliphatic rings. The van der Waals surface area contributed by atoms with E-state index in [2.05, 4.69) is 10.1 Å². The minimum atomic E-state index is -4.45. The molecule has 0 spiro atoms. The topological polar surface area (TPSA) is 84.9 Å². The van der Waals surface area contributed by atoms with Gasteiger partial charge in [0.15, 0.2) is 18.1 Å². The smallest absolute Gasteiger partial charge is 0.422 e. The van der Waals surface area contributed by atoms with Gasteiger partial charge in [0.2, 0.25) is 5.91 Å². The lowest BCUT2D eigenvalue weighted by molar-refractivity contribution is -0.153. The van der Waals surface area contributed by atoms with E-state index in [1.807, 2.05) is 0 Å². The first kappa shape index (κ1) is 20.6. The number of aliphatic carboxylic acids is 1. The summed E-state index contributed by atoms with van der Waals surface area (Å²) in [7, 11) is 1.31. The van der Waals surface area contributed by atoms with Gasteiger partial charge >= 0.3 is 12.1 Å². The van der Waals surface area contributed by atoms with Crippen LogP contribution >= 0.6 is 0 Å². The molecular formula is C16H20F3NO5. The first-order valence-corrected chi connectivity index (χ1v) is 7.48. The quantitative estimate of drug-likeness (QED) is 0.704. The average Bonchev–Trinajstić information content (AvgIpc) is 2.49. The lowest BCUT2D eigenvalue weighted by atomic mass is 10.1. The summed E-state index contributed by atoms with van der Waals surface area (Å²) in [5.74, 6) is -1.22. The molecule has 0 saturated heterocycles. The number of carbonyl (C=O) groups excluding carboxylic acids is 1. The number of aryl methyl sites for hydroxylation is 1. The van der Waals surface area contributed by atoms with Crippen LogP contribution in [0.25, 0.3) is 0 Å². The molecule has 0 radical (unpaired) electrons. The van der Waals surface area contributed by atoms with Crippen LogP contribution in [-0.2, 0) is 16.0 Å². The van der Waals surface area contributed by atoms with Crippen molar-refractivity contribution < 1.29 is 37.3 Å². The van der Waals surface area contributed by atoms with Gasteiger partial charge in [0.1, 0.15) is 0 Å². The Bertz CT molecular complexity index is 604. The third-order valence-electron chi connectivity index (χ3n) is 3.15. The average molecular weight is 363 g/mol. The molecule has 1 atom stereocenters. The largest absolute Gasteiger partial charge is 0.493 e. The van der Waals surface area contributed by atoms with E-state index in [0.29, 0.717) is 12.0 Å². The van der Waals surface area contributed by atoms with E-state index in [0.717, 1.165) is 0 Å². The van der Waals surface area contributed by atoms with Crippen LogP contribution in [0, 0.1) is 0 Å². The van der Waals surface area contributed by atoms with Crippen LogP contribution < -0.4 is 14.8 Å². The second kappa shape index (κ2) is 9.14. The number of benzene rings is 1. The molecule has 0 saturated carbocycles. The Hall–Kier alpha value is -2.45. The highest BCUT2D eigenvalue weighted by Crippen LogP contribution is 2.30. The SMILES string of the molecule is COc1cc(CCC(=O)NC(C)CC(=O)O)ccc1OCC(F)(F)F. The van der Waals surface area contributed by atoms with Gasteiger partial charge < -0.3 is 19.9 Å². The van der Waals surface area contributed by atoms with Crippen LogP contribution in [0.1, 0.15) is 25.3 Å². The summed E-state index contributed by atoms with van der Waals surface area (Å²) >= 11 is 0. The number of halogens is 3. The number of carbonyl (C=O) groups is 2. The van der Waals surface area contributed by atoms with Gasteiger partial charge in [-0.3, -0.25) is 9.59 Å². The Labute approximate surface area is 142 Å². The highest BCUT2D eigenvalue weighted by molar-refractivity contribution is 5.77. The van der Waals surface area contributed by atoms with E-state index in [1.54, 1.807) is 13.0 Å². The number of alkyl halides is 3. The zero-order valence-electron chi connectivity index (χ0n) is 13.9. The summed E-state index contributed by atoms with van der Waals surface area (Å²) in [5, 5.41) is 11.2. The highest BCUT2D eigenvalue weighted by atomic mass is 19.4. The van der Waals surface area contributed by atoms with Gasteiger partial charge in [-0.15, -0.1) is 0 Å². The van der Waals surface area contributed by atoms with E-state index < -0.39 is 24.8 Å². The molecule has 0 aromatic heterocycles. The van der Waals surface area contributed by atoms with E-state index >= 15 is 0 Å². The second-order valence-corrected chi connectivity index (χ2v) is 5.46. The molecule has 0 aliphatic heterocycles. The summed E-state index contributed by atoms with van der Waals surface area (Å²) in [5.41, 5.74) is 0.678. The van der Waals surface area contributed by atoms with Gasteiger partial charge in [0, 0.05) is 12.5 Å². The Balaban J connectivity index is 2.59. The molecule has 2 N–H and O–H groups in total. The van der Waals surface area contributed by atoms with Crippen LogP contribution in [0.2, 0.25) is 0 Å². The van der Waals surface area contributed by atoms with Crippen LogP contribution in [0.3, 0.4) is 0 Å². The summed E-state index contributed by atoms with van der Waals surface area (Å²) in [6.07, 6.45) is -4.20. The normalized spacial score (nSPS) is 12.4. The third kappa shape index (κ3) is 8.27. The Kier molecular flexibility index (Phi) is 7.53. The van der Waals surface area contributed by atoms with Crippen molar-refractivity contribution in [1.82, 2.24) is 5.32 Å². The molecule has 0 bridgehead atoms. The molecule has 0 fully saturated rings. The zero-order chi connectivity index (χ0) is 19.0. The van der Waals surface area contributed by atoms with Crippen molar-refractivity contribution in [3.05, 3.63) is 23.8 Å². The number of hydrogen-bond acceptors (Lipinski definition) is 4. The number of rotatable bonds is 9. The fourth-order valence-electron chi connectivity index (χ4n) is 2.06. The van der Waals surface area contributed by atoms with Crippen molar-refractivity contribution in [2.24, 2.45) is 0 Å². The Morgan fingerprint density at radius 2 is 1.96 bits per heavy atom. The number of hydrogen-bond donors (Lipinski definition) is 2. The maximum absolute atomic E-state index is 12.2. The second-order valence-electron chi connectivity index (χ2n) is 5.46. The summed E-state index contributed by atoms with van der Waals surface area (Å²) < 4.78 is 46.3. The standard InChI is InChI=1S/C16H20F3NO5/c1-10(7-15(22)23)20-14(21)6-4-11-3-5-12(13(8-11)24-2)25-9-16(17,18)19/h3,5,8,10H,4,6-7,9H2,1-2H3,(H,20,21)(H,22,23). The van der Waals surface area contributed by atoms with Gasteiger partial charge in [0.25, 0.3) is 0 Å². The summed E-state index contributed by atoms with van der Waals surface area (Å²) in [6, 6.07) is 3.91.